The number of likely N-dealkylation sites (tertiary alicyclic amines) is 1. The van der Waals surface area contributed by atoms with Crippen molar-refractivity contribution in [3.63, 3.8) is 0 Å². The van der Waals surface area contributed by atoms with Crippen LogP contribution < -0.4 is 0 Å². The molecule has 1 aliphatic rings. The molecule has 0 aromatic carbocycles. The fourth-order valence-corrected chi connectivity index (χ4v) is 1.62. The molecule has 0 aliphatic carbocycles. The van der Waals surface area contributed by atoms with E-state index >= 15 is 0 Å². The Balaban J connectivity index is 0. The van der Waals surface area contributed by atoms with Crippen LogP contribution in [0.15, 0.2) is 0 Å². The topological polar surface area (TPSA) is 3.24 Å². The first-order valence-corrected chi connectivity index (χ1v) is 3.57. The van der Waals surface area contributed by atoms with Gasteiger partial charge in [-0.1, -0.05) is 20.8 Å². The molecule has 0 N–H and O–H groups in total. The van der Waals surface area contributed by atoms with Crippen molar-refractivity contribution in [3.8, 4) is 0 Å². The van der Waals surface area contributed by atoms with E-state index < -0.39 is 0 Å². The predicted molar refractivity (Wildman–Crippen MR) is 40.2 cm³/mol. The molecule has 1 radical (unpaired) electrons. The molecule has 0 amide bonds. The van der Waals surface area contributed by atoms with Crippen LogP contribution in [0, 0.1) is 11.8 Å². The Morgan fingerprint density at radius 3 is 2.00 bits per heavy atom. The quantitative estimate of drug-likeness (QED) is 0.394. The summed E-state index contributed by atoms with van der Waals surface area (Å²) in [6.45, 7) is 8.02. The van der Waals surface area contributed by atoms with E-state index in [0.717, 1.165) is 0 Å². The van der Waals surface area contributed by atoms with Crippen molar-refractivity contribution >= 4 is 0 Å². The van der Waals surface area contributed by atoms with Gasteiger partial charge < -0.3 is 11.3 Å². The molecule has 0 aromatic rings. The zero-order chi connectivity index (χ0) is 7.07. The fourth-order valence-electron chi connectivity index (χ4n) is 1.62. The molecule has 1 heterocycles. The van der Waals surface area contributed by atoms with E-state index in [1.165, 1.54) is 6.54 Å². The average molecular weight is 579 g/mol. The van der Waals surface area contributed by atoms with Crippen LogP contribution in [0.2, 0.25) is 0 Å². The molecule has 1 fully saturated rings. The summed E-state index contributed by atoms with van der Waals surface area (Å²) >= 11 is 0. The Labute approximate surface area is 77.8 Å². The molecule has 11 heavy (non-hydrogen) atoms. The Morgan fingerprint density at radius 1 is 1.45 bits per heavy atom. The predicted octanol–water partition coefficient (Wildman–Crippen LogP) is 1.55. The molecule has 1 saturated heterocycles. The van der Waals surface area contributed by atoms with Gasteiger partial charge in [-0.2, -0.15) is 0 Å². The SMILES string of the molecule is CC1[CH-]C(C)(C)CN1C.[Re].[Rf]. The Hall–Kier alpha value is -0.378. The first-order chi connectivity index (χ1) is 4.01. The molecule has 0 aromatic heterocycles. The van der Waals surface area contributed by atoms with Gasteiger partial charge in [0.1, 0.15) is 0 Å². The van der Waals surface area contributed by atoms with Gasteiger partial charge in [0.05, 0.1) is 0 Å². The number of hydrogen-bond donors (Lipinski definition) is 0. The van der Waals surface area contributed by atoms with Crippen LogP contribution >= 0.6 is 0 Å². The minimum absolute atomic E-state index is 0. The zero-order valence-corrected chi connectivity index (χ0v) is 17.0. The third-order valence-corrected chi connectivity index (χ3v) is 2.04. The molecule has 3 heteroatoms. The molecule has 0 spiro atoms. The third kappa shape index (κ3) is 3.01. The maximum atomic E-state index is 2.41. The summed E-state index contributed by atoms with van der Waals surface area (Å²) in [5, 5.41) is 0. The second-order valence-electron chi connectivity index (χ2n) is 3.81. The summed E-state index contributed by atoms with van der Waals surface area (Å²) < 4.78 is 0. The molecule has 1 atom stereocenters. The van der Waals surface area contributed by atoms with Crippen LogP contribution in [-0.4, -0.2) is 24.5 Å². The maximum Gasteiger partial charge on any atom is 0 e. The van der Waals surface area contributed by atoms with Gasteiger partial charge >= 0.3 is 0 Å². The number of hydrogen-bond acceptors (Lipinski definition) is 1. The van der Waals surface area contributed by atoms with Crippen molar-refractivity contribution in [1.82, 2.24) is 4.90 Å². The van der Waals surface area contributed by atoms with E-state index in [-0.39, 0.29) is 20.4 Å². The van der Waals surface area contributed by atoms with Gasteiger partial charge in [0, 0.05) is 20.4 Å². The van der Waals surface area contributed by atoms with E-state index in [1.807, 2.05) is 0 Å². The van der Waals surface area contributed by atoms with E-state index in [0.29, 0.717) is 11.5 Å². The van der Waals surface area contributed by atoms with E-state index in [1.54, 1.807) is 0 Å². The molecular formula is C8H16NReRf-. The summed E-state index contributed by atoms with van der Waals surface area (Å²) in [6.07, 6.45) is 2.41. The molecule has 0 saturated carbocycles. The average Bonchev–Trinajstić information content (AvgIpc) is 1.79. The normalized spacial score (nSPS) is 28.9. The van der Waals surface area contributed by atoms with Crippen LogP contribution in [0.5, 0.6) is 0 Å². The summed E-state index contributed by atoms with van der Waals surface area (Å²) in [4.78, 5) is 2.38. The zero-order valence-electron chi connectivity index (χ0n) is 7.89. The third-order valence-electron chi connectivity index (χ3n) is 2.04. The van der Waals surface area contributed by atoms with Gasteiger partial charge in [0.25, 0.3) is 0 Å². The van der Waals surface area contributed by atoms with E-state index in [9.17, 15) is 0 Å². The van der Waals surface area contributed by atoms with Crippen molar-refractivity contribution in [2.24, 2.45) is 5.41 Å². The number of nitrogens with zero attached hydrogens (tertiary/aromatic N) is 1. The van der Waals surface area contributed by atoms with Crippen LogP contribution in [0.4, 0.5) is 0 Å². The molecule has 63 valence electrons. The van der Waals surface area contributed by atoms with Gasteiger partial charge in [-0.15, -0.1) is 11.5 Å². The van der Waals surface area contributed by atoms with Crippen molar-refractivity contribution in [1.29, 1.82) is 0 Å². The van der Waals surface area contributed by atoms with Crippen molar-refractivity contribution in [3.05, 3.63) is 6.42 Å². The maximum absolute atomic E-state index is 2.41. The van der Waals surface area contributed by atoms with Gasteiger partial charge in [0.15, 0.2) is 0 Å². The van der Waals surface area contributed by atoms with Gasteiger partial charge in [-0.3, -0.25) is 0 Å². The molecule has 1 rings (SSSR count). The summed E-state index contributed by atoms with van der Waals surface area (Å²) in [5.74, 6) is 0. The van der Waals surface area contributed by atoms with Crippen LogP contribution in [-0.2, 0) is 20.4 Å². The first-order valence-electron chi connectivity index (χ1n) is 3.57. The smallest absolute Gasteiger partial charge is 0 e. The van der Waals surface area contributed by atoms with Crippen molar-refractivity contribution < 1.29 is 20.4 Å². The Morgan fingerprint density at radius 2 is 1.91 bits per heavy atom. The number of rotatable bonds is 0. The molecule has 0 bridgehead atoms. The van der Waals surface area contributed by atoms with Crippen LogP contribution in [0.3, 0.4) is 0 Å². The van der Waals surface area contributed by atoms with Gasteiger partial charge in [0.2, 0.25) is 0 Å². The summed E-state index contributed by atoms with van der Waals surface area (Å²) in [5.41, 5.74) is 0.439. The minimum Gasteiger partial charge on any atom is -0.335 e. The fraction of sp³-hybridized carbons (Fsp3) is 0.875. The Kier molecular flexibility index (Phi) is 4.64. The molecule has 1 unspecified atom stereocenters. The van der Waals surface area contributed by atoms with Gasteiger partial charge in [-0.25, -0.2) is 0 Å². The second kappa shape index (κ2) is 3.86. The van der Waals surface area contributed by atoms with Crippen LogP contribution in [0.1, 0.15) is 20.8 Å². The second-order valence-corrected chi connectivity index (χ2v) is 3.81. The van der Waals surface area contributed by atoms with E-state index in [2.05, 4.69) is 39.1 Å². The summed E-state index contributed by atoms with van der Waals surface area (Å²) in [7, 11) is 2.18. The van der Waals surface area contributed by atoms with Crippen LogP contribution in [0.25, 0.3) is 0 Å². The molecule has 1 aliphatic heterocycles. The monoisotopic (exact) mass is 580 g/mol. The minimum atomic E-state index is 0. The van der Waals surface area contributed by atoms with Gasteiger partial charge in [-0.05, 0) is 13.6 Å². The standard InChI is InChI=1S/C8H16N.Re.Rf/c1-7-5-8(2,3)6-9(7)4;;/h5,7H,6H2,1-4H3;;/q-1;;. The first kappa shape index (κ1) is 13.2. The molecular weight excluding hydrogens is 563 g/mol. The van der Waals surface area contributed by atoms with E-state index in [4.69, 9.17) is 0 Å². The summed E-state index contributed by atoms with van der Waals surface area (Å²) in [6, 6.07) is 0.667. The van der Waals surface area contributed by atoms with Crippen molar-refractivity contribution in [2.45, 2.75) is 26.8 Å². The molecule has 1 nitrogen and oxygen atoms in total. The van der Waals surface area contributed by atoms with Crippen molar-refractivity contribution in [2.75, 3.05) is 13.6 Å². The largest absolute Gasteiger partial charge is 0.335 e. The Bertz CT molecular complexity index is 105.